The summed E-state index contributed by atoms with van der Waals surface area (Å²) < 4.78 is 0. The molecule has 0 fully saturated rings. The van der Waals surface area contributed by atoms with Crippen LogP contribution in [0.5, 0.6) is 0 Å². The second kappa shape index (κ2) is 4.11. The highest BCUT2D eigenvalue weighted by atomic mass is 15.2. The fourth-order valence-corrected chi connectivity index (χ4v) is 3.05. The molecule has 0 saturated carbocycles. The highest BCUT2D eigenvalue weighted by Gasteiger charge is 2.34. The maximum atomic E-state index is 4.51. The number of hydrogen-bond acceptors (Lipinski definition) is 2. The molecule has 2 aromatic rings. The van der Waals surface area contributed by atoms with Crippen LogP contribution in [-0.4, -0.2) is 15.7 Å². The zero-order chi connectivity index (χ0) is 14.5. The first kappa shape index (κ1) is 13.2. The van der Waals surface area contributed by atoms with Gasteiger partial charge in [0.15, 0.2) is 5.82 Å². The van der Waals surface area contributed by atoms with Crippen LogP contribution in [0.15, 0.2) is 24.3 Å². The van der Waals surface area contributed by atoms with E-state index in [1.165, 1.54) is 22.4 Å². The summed E-state index contributed by atoms with van der Waals surface area (Å²) >= 11 is 0. The molecule has 0 radical (unpaired) electrons. The average molecular weight is 269 g/mol. The Labute approximate surface area is 120 Å². The molecule has 3 heteroatoms. The van der Waals surface area contributed by atoms with Crippen LogP contribution >= 0.6 is 0 Å². The molecule has 0 aliphatic heterocycles. The molecule has 3 rings (SSSR count). The minimum absolute atomic E-state index is 0.0179. The predicted octanol–water partition coefficient (Wildman–Crippen LogP) is 4.12. The second-order valence-electron chi connectivity index (χ2n) is 7.41. The lowest BCUT2D eigenvalue weighted by Crippen LogP contribution is -2.29. The molecule has 1 heterocycles. The van der Waals surface area contributed by atoms with Gasteiger partial charge in [-0.3, -0.25) is 5.10 Å². The van der Waals surface area contributed by atoms with Gasteiger partial charge in [0, 0.05) is 16.7 Å². The first-order valence-electron chi connectivity index (χ1n) is 7.23. The van der Waals surface area contributed by atoms with Gasteiger partial charge in [0.25, 0.3) is 0 Å². The lowest BCUT2D eigenvalue weighted by molar-refractivity contribution is 0.516. The van der Waals surface area contributed by atoms with E-state index in [2.05, 4.69) is 74.4 Å². The Morgan fingerprint density at radius 1 is 1.20 bits per heavy atom. The fraction of sp³-hybridized carbons (Fsp3) is 0.471. The number of aromatic amines is 1. The Morgan fingerprint density at radius 3 is 2.60 bits per heavy atom. The molecule has 1 aromatic carbocycles. The Balaban J connectivity index is 2.14. The van der Waals surface area contributed by atoms with Crippen molar-refractivity contribution in [1.82, 2.24) is 10.2 Å². The van der Waals surface area contributed by atoms with Crippen molar-refractivity contribution in [3.05, 3.63) is 35.4 Å². The van der Waals surface area contributed by atoms with Gasteiger partial charge in [0.2, 0.25) is 0 Å². The smallest absolute Gasteiger partial charge is 0.152 e. The van der Waals surface area contributed by atoms with Gasteiger partial charge < -0.3 is 5.32 Å². The van der Waals surface area contributed by atoms with Gasteiger partial charge in [-0.25, -0.2) is 0 Å². The fourth-order valence-electron chi connectivity index (χ4n) is 3.05. The number of H-pyrrole nitrogens is 1. The minimum Gasteiger partial charge on any atom is -0.364 e. The molecule has 2 N–H and O–H groups in total. The van der Waals surface area contributed by atoms with E-state index in [9.17, 15) is 0 Å². The molecule has 106 valence electrons. The molecule has 0 unspecified atom stereocenters. The van der Waals surface area contributed by atoms with Crippen LogP contribution in [0.4, 0.5) is 5.82 Å². The van der Waals surface area contributed by atoms with Gasteiger partial charge in [-0.05, 0) is 38.2 Å². The molecule has 0 bridgehead atoms. The van der Waals surface area contributed by atoms with Crippen LogP contribution in [0.1, 0.15) is 45.7 Å². The van der Waals surface area contributed by atoms with Crippen molar-refractivity contribution in [3.8, 4) is 11.3 Å². The molecule has 20 heavy (non-hydrogen) atoms. The molecule has 1 aromatic heterocycles. The predicted molar refractivity (Wildman–Crippen MR) is 84.1 cm³/mol. The van der Waals surface area contributed by atoms with Gasteiger partial charge in [-0.2, -0.15) is 5.10 Å². The van der Waals surface area contributed by atoms with Crippen LogP contribution in [0, 0.1) is 0 Å². The summed E-state index contributed by atoms with van der Waals surface area (Å²) in [7, 11) is 0. The summed E-state index contributed by atoms with van der Waals surface area (Å²) in [6.45, 7) is 11.1. The number of nitrogens with one attached hydrogen (secondary N) is 2. The second-order valence-corrected chi connectivity index (χ2v) is 7.41. The van der Waals surface area contributed by atoms with Crippen molar-refractivity contribution < 1.29 is 0 Å². The summed E-state index contributed by atoms with van der Waals surface area (Å²) in [5.41, 5.74) is 5.33. The van der Waals surface area contributed by atoms with Crippen molar-refractivity contribution in [3.63, 3.8) is 0 Å². The minimum atomic E-state index is 0.0179. The van der Waals surface area contributed by atoms with Crippen LogP contribution in [0.3, 0.4) is 0 Å². The molecular formula is C17H23N3. The number of rotatable bonds is 1. The van der Waals surface area contributed by atoms with Crippen LogP contribution in [0.25, 0.3) is 11.3 Å². The highest BCUT2D eigenvalue weighted by molar-refractivity contribution is 5.76. The molecule has 0 amide bonds. The van der Waals surface area contributed by atoms with E-state index in [0.717, 1.165) is 12.2 Å². The summed E-state index contributed by atoms with van der Waals surface area (Å²) in [5, 5.41) is 11.3. The Kier molecular flexibility index (Phi) is 2.72. The average Bonchev–Trinajstić information content (AvgIpc) is 2.70. The third-order valence-electron chi connectivity index (χ3n) is 3.90. The maximum absolute atomic E-state index is 4.51. The Bertz CT molecular complexity index is 644. The number of fused-ring (bicyclic) bond motifs is 3. The quantitative estimate of drug-likeness (QED) is 0.817. The van der Waals surface area contributed by atoms with E-state index in [4.69, 9.17) is 0 Å². The summed E-state index contributed by atoms with van der Waals surface area (Å²) in [6.07, 6.45) is 1.01. The van der Waals surface area contributed by atoms with Crippen LogP contribution < -0.4 is 5.32 Å². The maximum Gasteiger partial charge on any atom is 0.152 e. The molecule has 0 spiro atoms. The summed E-state index contributed by atoms with van der Waals surface area (Å²) in [5.74, 6) is 0.995. The molecule has 0 saturated heterocycles. The van der Waals surface area contributed by atoms with E-state index in [0.29, 0.717) is 0 Å². The highest BCUT2D eigenvalue weighted by Crippen LogP contribution is 2.44. The first-order chi connectivity index (χ1) is 9.28. The van der Waals surface area contributed by atoms with Crippen molar-refractivity contribution in [2.75, 3.05) is 5.32 Å². The SMILES string of the molecule is CC(C)(C)Nc1n[nH]c2c1CC(C)(C)c1ccccc1-2. The summed E-state index contributed by atoms with van der Waals surface area (Å²) in [4.78, 5) is 0. The number of hydrogen-bond donors (Lipinski definition) is 2. The van der Waals surface area contributed by atoms with E-state index < -0.39 is 0 Å². The zero-order valence-electron chi connectivity index (χ0n) is 13.0. The van der Waals surface area contributed by atoms with Crippen LogP contribution in [0.2, 0.25) is 0 Å². The molecule has 3 nitrogen and oxygen atoms in total. The summed E-state index contributed by atoms with van der Waals surface area (Å²) in [6, 6.07) is 8.64. The van der Waals surface area contributed by atoms with Gasteiger partial charge in [-0.1, -0.05) is 38.1 Å². The molecule has 0 atom stereocenters. The topological polar surface area (TPSA) is 40.7 Å². The van der Waals surface area contributed by atoms with Crippen molar-refractivity contribution >= 4 is 5.82 Å². The number of benzene rings is 1. The van der Waals surface area contributed by atoms with Gasteiger partial charge in [0.05, 0.1) is 5.69 Å². The zero-order valence-corrected chi connectivity index (χ0v) is 13.0. The third-order valence-corrected chi connectivity index (χ3v) is 3.90. The number of anilines is 1. The van der Waals surface area contributed by atoms with Crippen molar-refractivity contribution in [2.45, 2.75) is 52.0 Å². The number of nitrogens with zero attached hydrogens (tertiary/aromatic N) is 1. The van der Waals surface area contributed by atoms with Gasteiger partial charge >= 0.3 is 0 Å². The molecular weight excluding hydrogens is 246 g/mol. The third kappa shape index (κ3) is 2.11. The monoisotopic (exact) mass is 269 g/mol. The van der Waals surface area contributed by atoms with Crippen molar-refractivity contribution in [2.24, 2.45) is 0 Å². The van der Waals surface area contributed by atoms with E-state index in [-0.39, 0.29) is 11.0 Å². The largest absolute Gasteiger partial charge is 0.364 e. The van der Waals surface area contributed by atoms with Crippen molar-refractivity contribution in [1.29, 1.82) is 0 Å². The first-order valence-corrected chi connectivity index (χ1v) is 7.23. The standard InChI is InChI=1S/C17H23N3/c1-16(2,3)18-15-12-10-17(4,5)13-9-7-6-8-11(13)14(12)19-20-15/h6-9H,10H2,1-5H3,(H2,18,19,20). The number of aromatic nitrogens is 2. The molecule has 1 aliphatic rings. The normalized spacial score (nSPS) is 16.4. The molecule has 1 aliphatic carbocycles. The van der Waals surface area contributed by atoms with Gasteiger partial charge in [-0.15, -0.1) is 0 Å². The van der Waals surface area contributed by atoms with E-state index in [1.807, 2.05) is 0 Å². The van der Waals surface area contributed by atoms with E-state index >= 15 is 0 Å². The van der Waals surface area contributed by atoms with Gasteiger partial charge in [0.1, 0.15) is 0 Å². The Hall–Kier alpha value is -1.77. The Morgan fingerprint density at radius 2 is 1.90 bits per heavy atom. The van der Waals surface area contributed by atoms with Crippen LogP contribution in [-0.2, 0) is 11.8 Å². The lowest BCUT2D eigenvalue weighted by Gasteiger charge is -2.33. The van der Waals surface area contributed by atoms with E-state index in [1.54, 1.807) is 0 Å². The lowest BCUT2D eigenvalue weighted by atomic mass is 9.72.